The van der Waals surface area contributed by atoms with E-state index < -0.39 is 11.7 Å². The molecule has 2 atom stereocenters. The second-order valence-corrected chi connectivity index (χ2v) is 12.4. The number of likely N-dealkylation sites (tertiary alicyclic amines) is 1. The van der Waals surface area contributed by atoms with Crippen LogP contribution in [0.2, 0.25) is 0 Å². The van der Waals surface area contributed by atoms with E-state index in [4.69, 9.17) is 9.72 Å². The van der Waals surface area contributed by atoms with Gasteiger partial charge in [-0.05, 0) is 82.2 Å². The number of anilines is 3. The van der Waals surface area contributed by atoms with Gasteiger partial charge in [0, 0.05) is 36.4 Å². The van der Waals surface area contributed by atoms with Crippen LogP contribution in [0.4, 0.5) is 26.9 Å². The molecule has 0 aliphatic carbocycles. The summed E-state index contributed by atoms with van der Waals surface area (Å²) in [5, 5.41) is 11.5. The quantitative estimate of drug-likeness (QED) is 0.189. The highest BCUT2D eigenvalue weighted by atomic mass is 16.6. The summed E-state index contributed by atoms with van der Waals surface area (Å²) in [4.78, 5) is 41.1. The molecule has 1 aliphatic heterocycles. The third-order valence-electron chi connectivity index (χ3n) is 7.92. The van der Waals surface area contributed by atoms with Crippen LogP contribution >= 0.6 is 0 Å². The van der Waals surface area contributed by atoms with Crippen LogP contribution in [-0.4, -0.2) is 61.3 Å². The fourth-order valence-corrected chi connectivity index (χ4v) is 5.70. The maximum Gasteiger partial charge on any atom is 0.412 e. The summed E-state index contributed by atoms with van der Waals surface area (Å²) in [5.41, 5.74) is 2.36. The Labute approximate surface area is 262 Å². The van der Waals surface area contributed by atoms with Gasteiger partial charge >= 0.3 is 12.1 Å². The topological polar surface area (TPSA) is 126 Å². The average molecular weight is 607 g/mol. The number of hydrogen-bond donors (Lipinski definition) is 3. The maximum atomic E-state index is 13.3. The van der Waals surface area contributed by atoms with Gasteiger partial charge in [0.05, 0.1) is 16.7 Å². The number of nitrogens with zero attached hydrogens (tertiary/aromatic N) is 5. The van der Waals surface area contributed by atoms with Gasteiger partial charge < -0.3 is 20.3 Å². The molecule has 232 valence electrons. The Kier molecular flexibility index (Phi) is 8.25. The summed E-state index contributed by atoms with van der Waals surface area (Å²) >= 11 is 0. The normalized spacial score (nSPS) is 15.9. The zero-order chi connectivity index (χ0) is 31.6. The minimum Gasteiger partial charge on any atom is -0.444 e. The number of carbonyl (C=O) groups is 2. The van der Waals surface area contributed by atoms with Crippen molar-refractivity contribution in [1.29, 1.82) is 0 Å². The Morgan fingerprint density at radius 3 is 2.67 bits per heavy atom. The molecule has 11 heteroatoms. The fourth-order valence-electron chi connectivity index (χ4n) is 5.70. The molecule has 11 nitrogen and oxygen atoms in total. The molecule has 5 aromatic rings. The standard InChI is InChI=1S/C34H38N8O3/c1-22(24-11-8-18-41(20-24)32(43)39-27-13-7-10-23-9-5-6-12-26(23)27)37-31-35-17-16-30(40-31)42-21-36-28-19-25(14-15-29(28)42)38-33(44)45-34(2,3)4/h5-7,9-10,12-17,19,21-22,24H,8,11,18,20H2,1-4H3,(H,38,44)(H,39,43)(H,35,37,40). The Morgan fingerprint density at radius 2 is 1.82 bits per heavy atom. The smallest absolute Gasteiger partial charge is 0.412 e. The molecule has 3 N–H and O–H groups in total. The zero-order valence-corrected chi connectivity index (χ0v) is 25.9. The molecule has 3 aromatic carbocycles. The van der Waals surface area contributed by atoms with E-state index in [0.29, 0.717) is 36.1 Å². The van der Waals surface area contributed by atoms with Crippen molar-refractivity contribution in [1.82, 2.24) is 24.4 Å². The number of aromatic nitrogens is 4. The van der Waals surface area contributed by atoms with Gasteiger partial charge in [-0.25, -0.2) is 19.6 Å². The van der Waals surface area contributed by atoms with Crippen LogP contribution in [0.1, 0.15) is 40.5 Å². The van der Waals surface area contributed by atoms with Gasteiger partial charge in [0.25, 0.3) is 0 Å². The van der Waals surface area contributed by atoms with Crippen molar-refractivity contribution in [2.24, 2.45) is 5.92 Å². The average Bonchev–Trinajstić information content (AvgIpc) is 3.44. The van der Waals surface area contributed by atoms with Crippen molar-refractivity contribution in [2.75, 3.05) is 29.0 Å². The second-order valence-electron chi connectivity index (χ2n) is 12.4. The molecule has 0 bridgehead atoms. The predicted molar refractivity (Wildman–Crippen MR) is 177 cm³/mol. The first-order valence-corrected chi connectivity index (χ1v) is 15.2. The SMILES string of the molecule is CC(Nc1nccc(-n2cnc3cc(NC(=O)OC(C)(C)C)ccc32)n1)C1CCCN(C(=O)Nc2cccc3ccccc23)C1. The summed E-state index contributed by atoms with van der Waals surface area (Å²) in [6.07, 6.45) is 4.81. The van der Waals surface area contributed by atoms with Crippen molar-refractivity contribution in [3.05, 3.63) is 79.3 Å². The summed E-state index contributed by atoms with van der Waals surface area (Å²) in [6, 6.07) is 21.3. The number of hydrogen-bond acceptors (Lipinski definition) is 7. The maximum absolute atomic E-state index is 13.3. The molecular formula is C34H38N8O3. The monoisotopic (exact) mass is 606 g/mol. The van der Waals surface area contributed by atoms with Gasteiger partial charge in [0.15, 0.2) is 0 Å². The Hall–Kier alpha value is -5.19. The van der Waals surface area contributed by atoms with Crippen molar-refractivity contribution in [3.63, 3.8) is 0 Å². The largest absolute Gasteiger partial charge is 0.444 e. The lowest BCUT2D eigenvalue weighted by molar-refractivity contribution is 0.0636. The molecular weight excluding hydrogens is 568 g/mol. The Balaban J connectivity index is 1.10. The van der Waals surface area contributed by atoms with Gasteiger partial charge in [-0.3, -0.25) is 9.88 Å². The molecule has 1 fully saturated rings. The Morgan fingerprint density at radius 1 is 1.00 bits per heavy atom. The molecule has 2 aromatic heterocycles. The van der Waals surface area contributed by atoms with Crippen LogP contribution in [0.25, 0.3) is 27.6 Å². The van der Waals surface area contributed by atoms with E-state index in [-0.39, 0.29) is 18.0 Å². The van der Waals surface area contributed by atoms with E-state index in [9.17, 15) is 9.59 Å². The predicted octanol–water partition coefficient (Wildman–Crippen LogP) is 7.06. The summed E-state index contributed by atoms with van der Waals surface area (Å²) in [5.74, 6) is 1.39. The van der Waals surface area contributed by atoms with Crippen LogP contribution in [0.5, 0.6) is 0 Å². The summed E-state index contributed by atoms with van der Waals surface area (Å²) in [7, 11) is 0. The van der Waals surface area contributed by atoms with Crippen LogP contribution in [-0.2, 0) is 4.74 Å². The lowest BCUT2D eigenvalue weighted by Gasteiger charge is -2.36. The molecule has 0 saturated carbocycles. The first kappa shape index (κ1) is 29.9. The number of ether oxygens (including phenoxy) is 1. The van der Waals surface area contributed by atoms with Gasteiger partial charge in [-0.15, -0.1) is 0 Å². The highest BCUT2D eigenvalue weighted by molar-refractivity contribution is 6.01. The molecule has 3 heterocycles. The Bertz CT molecular complexity index is 1840. The number of imidazole rings is 1. The number of rotatable bonds is 6. The number of piperidine rings is 1. The van der Waals surface area contributed by atoms with E-state index >= 15 is 0 Å². The molecule has 45 heavy (non-hydrogen) atoms. The minimum absolute atomic E-state index is 0.0365. The first-order valence-electron chi connectivity index (χ1n) is 15.2. The second kappa shape index (κ2) is 12.4. The number of benzene rings is 3. The van der Waals surface area contributed by atoms with E-state index in [0.717, 1.165) is 34.8 Å². The van der Waals surface area contributed by atoms with E-state index in [1.807, 2.05) is 84.8 Å². The van der Waals surface area contributed by atoms with Crippen LogP contribution in [0.3, 0.4) is 0 Å². The highest BCUT2D eigenvalue weighted by Gasteiger charge is 2.28. The van der Waals surface area contributed by atoms with Crippen molar-refractivity contribution >= 4 is 51.3 Å². The zero-order valence-electron chi connectivity index (χ0n) is 25.9. The van der Waals surface area contributed by atoms with E-state index in [2.05, 4.69) is 32.8 Å². The first-order chi connectivity index (χ1) is 21.6. The number of amides is 3. The third-order valence-corrected chi connectivity index (χ3v) is 7.92. The van der Waals surface area contributed by atoms with Crippen molar-refractivity contribution < 1.29 is 14.3 Å². The lowest BCUT2D eigenvalue weighted by Crippen LogP contribution is -2.46. The molecule has 0 radical (unpaired) electrons. The fraction of sp³-hybridized carbons (Fsp3) is 0.324. The molecule has 6 rings (SSSR count). The van der Waals surface area contributed by atoms with Crippen molar-refractivity contribution in [2.45, 2.75) is 52.2 Å². The van der Waals surface area contributed by atoms with Crippen molar-refractivity contribution in [3.8, 4) is 5.82 Å². The van der Waals surface area contributed by atoms with Gasteiger partial charge in [-0.1, -0.05) is 36.4 Å². The molecule has 0 spiro atoms. The lowest BCUT2D eigenvalue weighted by atomic mass is 9.92. The molecule has 3 amide bonds. The molecule has 1 saturated heterocycles. The van der Waals surface area contributed by atoms with Crippen LogP contribution < -0.4 is 16.0 Å². The number of carbonyl (C=O) groups excluding carboxylic acids is 2. The third kappa shape index (κ3) is 6.98. The van der Waals surface area contributed by atoms with E-state index in [1.165, 1.54) is 0 Å². The van der Waals surface area contributed by atoms with Crippen LogP contribution in [0, 0.1) is 5.92 Å². The molecule has 2 unspecified atom stereocenters. The number of nitrogens with one attached hydrogen (secondary N) is 3. The highest BCUT2D eigenvalue weighted by Crippen LogP contribution is 2.27. The van der Waals surface area contributed by atoms with Gasteiger partial charge in [0.2, 0.25) is 5.95 Å². The van der Waals surface area contributed by atoms with E-state index in [1.54, 1.807) is 24.7 Å². The number of fused-ring (bicyclic) bond motifs is 2. The number of urea groups is 1. The summed E-state index contributed by atoms with van der Waals surface area (Å²) in [6.45, 7) is 8.92. The van der Waals surface area contributed by atoms with Gasteiger partial charge in [-0.2, -0.15) is 4.98 Å². The van der Waals surface area contributed by atoms with Crippen LogP contribution in [0.15, 0.2) is 79.3 Å². The molecule has 1 aliphatic rings. The summed E-state index contributed by atoms with van der Waals surface area (Å²) < 4.78 is 7.23. The van der Waals surface area contributed by atoms with Gasteiger partial charge in [0.1, 0.15) is 17.7 Å². The minimum atomic E-state index is -0.588.